The van der Waals surface area contributed by atoms with Gasteiger partial charge >= 0.3 is 0 Å². The molecule has 4 N–H and O–H groups in total. The normalized spacial score (nSPS) is 20.7. The van der Waals surface area contributed by atoms with Crippen LogP contribution in [0.3, 0.4) is 0 Å². The van der Waals surface area contributed by atoms with Crippen LogP contribution in [0.25, 0.3) is 0 Å². The molecule has 1 fully saturated rings. The topological polar surface area (TPSA) is 81.6 Å². The lowest BCUT2D eigenvalue weighted by atomic mass is 10.2. The zero-order valence-electron chi connectivity index (χ0n) is 12.9. The Bertz CT molecular complexity index is 201. The summed E-state index contributed by atoms with van der Waals surface area (Å²) in [6.45, 7) is 6.89. The Hall–Kier alpha value is -0.650. The standard InChI is InChI=1S/C7H15NO.C5H11NO2.C2H6/c1-3-4-5-6-7(9)8-2;7-3-4-1-5(8)2-6-4;1-2/h3-6H2,1-2H3,(H,8,9);4-8H,1-3H2;1-2H3. The predicted molar refractivity (Wildman–Crippen MR) is 79.1 cm³/mol. The van der Waals surface area contributed by atoms with Crippen molar-refractivity contribution in [2.75, 3.05) is 20.2 Å². The minimum Gasteiger partial charge on any atom is -0.395 e. The molecule has 2 unspecified atom stereocenters. The van der Waals surface area contributed by atoms with Gasteiger partial charge in [0.25, 0.3) is 0 Å². The van der Waals surface area contributed by atoms with Crippen molar-refractivity contribution in [2.45, 2.75) is 65.0 Å². The first-order chi connectivity index (χ1) is 9.13. The third-order valence-corrected chi connectivity index (χ3v) is 2.71. The van der Waals surface area contributed by atoms with Gasteiger partial charge in [-0.2, -0.15) is 0 Å². The highest BCUT2D eigenvalue weighted by molar-refractivity contribution is 5.75. The Balaban J connectivity index is 0. The van der Waals surface area contributed by atoms with Gasteiger partial charge in [-0.25, -0.2) is 0 Å². The second-order valence-electron chi connectivity index (χ2n) is 4.31. The van der Waals surface area contributed by atoms with E-state index in [1.165, 1.54) is 6.42 Å². The van der Waals surface area contributed by atoms with Crippen LogP contribution in [0.15, 0.2) is 0 Å². The van der Waals surface area contributed by atoms with Gasteiger partial charge in [0.05, 0.1) is 12.7 Å². The van der Waals surface area contributed by atoms with E-state index in [1.54, 1.807) is 7.05 Å². The second-order valence-corrected chi connectivity index (χ2v) is 4.31. The van der Waals surface area contributed by atoms with Crippen LogP contribution < -0.4 is 10.6 Å². The number of aliphatic hydroxyl groups is 2. The molecule has 0 aromatic heterocycles. The number of hydrogen-bond acceptors (Lipinski definition) is 4. The first kappa shape index (κ1) is 20.7. The van der Waals surface area contributed by atoms with Crippen LogP contribution in [0.5, 0.6) is 0 Å². The fraction of sp³-hybridized carbons (Fsp3) is 0.929. The van der Waals surface area contributed by atoms with E-state index in [4.69, 9.17) is 10.2 Å². The lowest BCUT2D eigenvalue weighted by molar-refractivity contribution is -0.120. The van der Waals surface area contributed by atoms with Crippen LogP contribution in [-0.2, 0) is 4.79 Å². The van der Waals surface area contributed by atoms with E-state index in [9.17, 15) is 4.79 Å². The monoisotopic (exact) mass is 276 g/mol. The summed E-state index contributed by atoms with van der Waals surface area (Å²) in [6, 6.07) is 0.130. The summed E-state index contributed by atoms with van der Waals surface area (Å²) in [5.41, 5.74) is 0. The number of carbonyl (C=O) groups is 1. The van der Waals surface area contributed by atoms with Gasteiger partial charge in [0.15, 0.2) is 0 Å². The van der Waals surface area contributed by atoms with E-state index in [1.807, 2.05) is 13.8 Å². The zero-order valence-corrected chi connectivity index (χ0v) is 12.9. The molecule has 0 bridgehead atoms. The van der Waals surface area contributed by atoms with E-state index in [-0.39, 0.29) is 24.7 Å². The maximum atomic E-state index is 10.6. The van der Waals surface area contributed by atoms with Gasteiger partial charge in [0.2, 0.25) is 5.91 Å². The maximum Gasteiger partial charge on any atom is 0.219 e. The summed E-state index contributed by atoms with van der Waals surface area (Å²) in [6.07, 6.45) is 4.49. The summed E-state index contributed by atoms with van der Waals surface area (Å²) in [7, 11) is 1.67. The lowest BCUT2D eigenvalue weighted by Crippen LogP contribution is -2.24. The molecular weight excluding hydrogens is 244 g/mol. The zero-order chi connectivity index (χ0) is 15.1. The van der Waals surface area contributed by atoms with Crippen LogP contribution in [0.2, 0.25) is 0 Å². The number of rotatable bonds is 5. The number of amides is 1. The molecule has 1 amide bonds. The summed E-state index contributed by atoms with van der Waals surface area (Å²) in [5.74, 6) is 0.156. The molecule has 0 spiro atoms. The van der Waals surface area contributed by atoms with Crippen molar-refractivity contribution in [1.29, 1.82) is 0 Å². The highest BCUT2D eigenvalue weighted by atomic mass is 16.3. The molecule has 1 aliphatic rings. The van der Waals surface area contributed by atoms with E-state index in [0.717, 1.165) is 12.8 Å². The minimum absolute atomic E-state index is 0.130. The molecule has 1 aliphatic heterocycles. The number of hydrogen-bond donors (Lipinski definition) is 4. The largest absolute Gasteiger partial charge is 0.395 e. The lowest BCUT2D eigenvalue weighted by Gasteiger charge is -2.01. The van der Waals surface area contributed by atoms with Crippen LogP contribution in [0.4, 0.5) is 0 Å². The minimum atomic E-state index is -0.243. The molecule has 1 saturated heterocycles. The quantitative estimate of drug-likeness (QED) is 0.566. The molecule has 116 valence electrons. The summed E-state index contributed by atoms with van der Waals surface area (Å²) >= 11 is 0. The fourth-order valence-corrected chi connectivity index (χ4v) is 1.60. The third-order valence-electron chi connectivity index (χ3n) is 2.71. The number of unbranched alkanes of at least 4 members (excludes halogenated alkanes) is 2. The van der Waals surface area contributed by atoms with E-state index in [2.05, 4.69) is 17.6 Å². The Morgan fingerprint density at radius 3 is 2.32 bits per heavy atom. The first-order valence-electron chi connectivity index (χ1n) is 7.36. The van der Waals surface area contributed by atoms with Gasteiger partial charge in [-0.1, -0.05) is 33.6 Å². The molecule has 0 saturated carbocycles. The molecule has 1 heterocycles. The van der Waals surface area contributed by atoms with Crippen molar-refractivity contribution >= 4 is 5.91 Å². The van der Waals surface area contributed by atoms with Crippen molar-refractivity contribution in [3.05, 3.63) is 0 Å². The van der Waals surface area contributed by atoms with Crippen LogP contribution in [0, 0.1) is 0 Å². The maximum absolute atomic E-state index is 10.6. The number of β-amino-alcohol motifs (C(OH)–C–C–N with tert-alkyl or cyclic N) is 1. The van der Waals surface area contributed by atoms with E-state index < -0.39 is 0 Å². The molecule has 0 aromatic rings. The van der Waals surface area contributed by atoms with Gasteiger partial charge in [0.1, 0.15) is 0 Å². The van der Waals surface area contributed by atoms with E-state index >= 15 is 0 Å². The molecule has 0 aliphatic carbocycles. The average molecular weight is 276 g/mol. The average Bonchev–Trinajstić information content (AvgIpc) is 2.87. The molecular formula is C14H32N2O3. The Morgan fingerprint density at radius 1 is 1.37 bits per heavy atom. The summed E-state index contributed by atoms with van der Waals surface area (Å²) in [5, 5.41) is 22.9. The smallest absolute Gasteiger partial charge is 0.219 e. The summed E-state index contributed by atoms with van der Waals surface area (Å²) in [4.78, 5) is 10.6. The van der Waals surface area contributed by atoms with Crippen LogP contribution >= 0.6 is 0 Å². The van der Waals surface area contributed by atoms with Crippen LogP contribution in [-0.4, -0.2) is 48.5 Å². The highest BCUT2D eigenvalue weighted by Crippen LogP contribution is 2.03. The summed E-state index contributed by atoms with van der Waals surface area (Å²) < 4.78 is 0. The van der Waals surface area contributed by atoms with Gasteiger partial charge in [0, 0.05) is 26.1 Å². The Morgan fingerprint density at radius 2 is 2.00 bits per heavy atom. The number of carbonyl (C=O) groups excluding carboxylic acids is 1. The molecule has 2 atom stereocenters. The van der Waals surface area contributed by atoms with Gasteiger partial charge in [-0.3, -0.25) is 4.79 Å². The number of aliphatic hydroxyl groups excluding tert-OH is 2. The third kappa shape index (κ3) is 13.6. The van der Waals surface area contributed by atoms with Gasteiger partial charge < -0.3 is 20.8 Å². The van der Waals surface area contributed by atoms with Gasteiger partial charge in [-0.15, -0.1) is 0 Å². The molecule has 19 heavy (non-hydrogen) atoms. The number of nitrogens with one attached hydrogen (secondary N) is 2. The van der Waals surface area contributed by atoms with E-state index in [0.29, 0.717) is 19.4 Å². The second kappa shape index (κ2) is 15.4. The van der Waals surface area contributed by atoms with Crippen molar-refractivity contribution in [3.63, 3.8) is 0 Å². The van der Waals surface area contributed by atoms with Crippen LogP contribution in [0.1, 0.15) is 52.9 Å². The molecule has 0 aromatic carbocycles. The molecule has 5 heteroatoms. The fourth-order valence-electron chi connectivity index (χ4n) is 1.60. The Kier molecular flexibility index (Phi) is 16.8. The predicted octanol–water partition coefficient (Wildman–Crippen LogP) is 1.04. The highest BCUT2D eigenvalue weighted by Gasteiger charge is 2.20. The molecule has 5 nitrogen and oxygen atoms in total. The Labute approximate surface area is 117 Å². The van der Waals surface area contributed by atoms with Crippen molar-refractivity contribution in [2.24, 2.45) is 0 Å². The molecule has 1 rings (SSSR count). The first-order valence-corrected chi connectivity index (χ1v) is 7.36. The molecule has 0 radical (unpaired) electrons. The van der Waals surface area contributed by atoms with Gasteiger partial charge in [-0.05, 0) is 12.8 Å². The van der Waals surface area contributed by atoms with Crippen molar-refractivity contribution < 1.29 is 15.0 Å². The van der Waals surface area contributed by atoms with Crippen molar-refractivity contribution in [3.8, 4) is 0 Å². The SMILES string of the molecule is CC.CCCCCC(=O)NC.OCC1CC(O)CN1. The van der Waals surface area contributed by atoms with Crippen molar-refractivity contribution in [1.82, 2.24) is 10.6 Å².